The zero-order valence-electron chi connectivity index (χ0n) is 66.9. The van der Waals surface area contributed by atoms with Gasteiger partial charge in [0.05, 0.1) is 26.4 Å². The first-order chi connectivity index (χ1) is 49.4. The monoisotopic (exact) mass is 1490 g/mol. The van der Waals surface area contributed by atoms with Gasteiger partial charge in [-0.05, 0) is 37.5 Å². The molecule has 0 bridgehead atoms. The molecule has 0 amide bonds. The van der Waals surface area contributed by atoms with Crippen molar-refractivity contribution in [3.63, 3.8) is 0 Å². The Morgan fingerprint density at radius 3 is 0.667 bits per heavy atom. The number of aliphatic hydroxyl groups is 1. The van der Waals surface area contributed by atoms with Crippen LogP contribution in [0.4, 0.5) is 0 Å². The first-order valence-electron chi connectivity index (χ1n) is 43.0. The van der Waals surface area contributed by atoms with Crippen LogP contribution < -0.4 is 0 Å². The Labute approximate surface area is 626 Å². The summed E-state index contributed by atoms with van der Waals surface area (Å²) in [6.45, 7) is 9.67. The Morgan fingerprint density at radius 2 is 0.451 bits per heavy atom. The standard InChI is InChI=1S/C83H162O17P2/c1-7-9-11-13-15-17-19-21-23-24-25-26-27-31-36-44-50-56-62-68-83(88)99-78(71-93-80(85)65-59-53-47-41-34-32-28-29-33-39-45-51-57-63-75(3)4)73-97-101(89,90)95-69-77(84)70-96-102(91,92)98-74-79(72-94-81(86)66-60-54-48-42-38-37-40-46-52-58-64-76(5)6)100-82(87)67-61-55-49-43-35-30-22-20-18-16-14-12-10-8-2/h75-79,84H,7-74H2,1-6H3,(H,89,90)(H,91,92)/t77-,78-,79-/m1/s1. The summed E-state index contributed by atoms with van der Waals surface area (Å²) in [7, 11) is -9.92. The lowest BCUT2D eigenvalue weighted by Crippen LogP contribution is -2.30. The normalized spacial score (nSPS) is 13.9. The molecule has 19 heteroatoms. The predicted octanol–water partition coefficient (Wildman–Crippen LogP) is 25.1. The number of hydrogen-bond donors (Lipinski definition) is 3. The Kier molecular flexibility index (Phi) is 73.1. The van der Waals surface area contributed by atoms with E-state index in [4.69, 9.17) is 37.0 Å². The maximum absolute atomic E-state index is 13.1. The van der Waals surface area contributed by atoms with Crippen LogP contribution in [0.5, 0.6) is 0 Å². The smallest absolute Gasteiger partial charge is 0.462 e. The lowest BCUT2D eigenvalue weighted by atomic mass is 10.0. The Bertz CT molecular complexity index is 1960. The molecular formula is C83H162O17P2. The topological polar surface area (TPSA) is 237 Å². The maximum Gasteiger partial charge on any atom is 0.472 e. The highest BCUT2D eigenvalue weighted by Gasteiger charge is 2.30. The number of phosphoric ester groups is 2. The molecule has 3 N–H and O–H groups in total. The number of carbonyl (C=O) groups is 4. The van der Waals surface area contributed by atoms with Gasteiger partial charge in [0.15, 0.2) is 12.2 Å². The van der Waals surface area contributed by atoms with Crippen molar-refractivity contribution in [2.24, 2.45) is 11.8 Å². The van der Waals surface area contributed by atoms with Crippen molar-refractivity contribution in [2.45, 2.75) is 458 Å². The van der Waals surface area contributed by atoms with E-state index in [1.807, 2.05) is 0 Å². The molecule has 0 aliphatic carbocycles. The highest BCUT2D eigenvalue weighted by molar-refractivity contribution is 7.47. The first kappa shape index (κ1) is 100. The van der Waals surface area contributed by atoms with Crippen molar-refractivity contribution in [1.82, 2.24) is 0 Å². The van der Waals surface area contributed by atoms with Crippen LogP contribution in [0, 0.1) is 11.8 Å². The number of ether oxygens (including phenoxy) is 4. The van der Waals surface area contributed by atoms with Gasteiger partial charge in [-0.3, -0.25) is 37.3 Å². The maximum atomic E-state index is 13.1. The number of carbonyl (C=O) groups excluding carboxylic acids is 4. The van der Waals surface area contributed by atoms with E-state index in [2.05, 4.69) is 41.5 Å². The largest absolute Gasteiger partial charge is 0.472 e. The zero-order valence-corrected chi connectivity index (χ0v) is 68.7. The molecule has 0 radical (unpaired) electrons. The minimum Gasteiger partial charge on any atom is -0.462 e. The third-order valence-electron chi connectivity index (χ3n) is 19.5. The third-order valence-corrected chi connectivity index (χ3v) is 21.4. The van der Waals surface area contributed by atoms with Crippen LogP contribution >= 0.6 is 15.6 Å². The van der Waals surface area contributed by atoms with Gasteiger partial charge in [-0.15, -0.1) is 0 Å². The van der Waals surface area contributed by atoms with Gasteiger partial charge in [0, 0.05) is 25.7 Å². The van der Waals surface area contributed by atoms with Crippen molar-refractivity contribution in [3.8, 4) is 0 Å². The average molecular weight is 1490 g/mol. The van der Waals surface area contributed by atoms with Crippen LogP contribution in [-0.4, -0.2) is 96.7 Å². The van der Waals surface area contributed by atoms with Gasteiger partial charge in [0.25, 0.3) is 0 Å². The molecule has 0 aromatic rings. The number of unbranched alkanes of at least 4 members (excludes halogenated alkanes) is 52. The van der Waals surface area contributed by atoms with Crippen molar-refractivity contribution >= 4 is 39.5 Å². The fraction of sp³-hybridized carbons (Fsp3) is 0.952. The van der Waals surface area contributed by atoms with Gasteiger partial charge < -0.3 is 33.8 Å². The minimum atomic E-state index is -4.96. The molecule has 0 saturated heterocycles. The summed E-state index contributed by atoms with van der Waals surface area (Å²) < 4.78 is 68.8. The van der Waals surface area contributed by atoms with Gasteiger partial charge in [0.2, 0.25) is 0 Å². The Balaban J connectivity index is 5.26. The number of phosphoric acid groups is 2. The fourth-order valence-electron chi connectivity index (χ4n) is 12.9. The van der Waals surface area contributed by atoms with Crippen LogP contribution in [0.2, 0.25) is 0 Å². The number of esters is 4. The third kappa shape index (κ3) is 76.3. The summed E-state index contributed by atoms with van der Waals surface area (Å²) in [5.41, 5.74) is 0. The second-order valence-electron chi connectivity index (χ2n) is 30.8. The molecule has 0 aromatic heterocycles. The second-order valence-corrected chi connectivity index (χ2v) is 33.7. The van der Waals surface area contributed by atoms with Crippen LogP contribution in [-0.2, 0) is 65.4 Å². The van der Waals surface area contributed by atoms with Gasteiger partial charge in [-0.1, -0.05) is 388 Å². The van der Waals surface area contributed by atoms with Crippen molar-refractivity contribution in [3.05, 3.63) is 0 Å². The molecule has 0 rings (SSSR count). The highest BCUT2D eigenvalue weighted by atomic mass is 31.2. The second kappa shape index (κ2) is 74.5. The van der Waals surface area contributed by atoms with Crippen LogP contribution in [0.15, 0.2) is 0 Å². The van der Waals surface area contributed by atoms with E-state index in [9.17, 15) is 43.2 Å². The van der Waals surface area contributed by atoms with Gasteiger partial charge in [-0.2, -0.15) is 0 Å². The van der Waals surface area contributed by atoms with Crippen molar-refractivity contribution in [2.75, 3.05) is 39.6 Å². The van der Waals surface area contributed by atoms with E-state index in [-0.39, 0.29) is 25.7 Å². The molecule has 2 unspecified atom stereocenters. The summed E-state index contributed by atoms with van der Waals surface area (Å²) in [5.74, 6) is -0.554. The molecule has 606 valence electrons. The summed E-state index contributed by atoms with van der Waals surface area (Å²) in [5, 5.41) is 10.7. The molecule has 0 saturated carbocycles. The van der Waals surface area contributed by atoms with Gasteiger partial charge in [0.1, 0.15) is 19.3 Å². The fourth-order valence-corrected chi connectivity index (χ4v) is 14.5. The van der Waals surface area contributed by atoms with E-state index in [0.717, 1.165) is 102 Å². The number of aliphatic hydroxyl groups excluding tert-OH is 1. The molecule has 0 heterocycles. The Morgan fingerprint density at radius 1 is 0.265 bits per heavy atom. The lowest BCUT2D eigenvalue weighted by molar-refractivity contribution is -0.161. The first-order valence-corrected chi connectivity index (χ1v) is 46.0. The summed E-state index contributed by atoms with van der Waals surface area (Å²) in [6, 6.07) is 0. The molecule has 0 fully saturated rings. The van der Waals surface area contributed by atoms with Gasteiger partial charge >= 0.3 is 39.5 Å². The SMILES string of the molecule is CCCCCCCCCCCCCCCCCCCCCC(=O)O[C@H](COC(=O)CCCCCCCCCCCCCCCC(C)C)COP(=O)(O)OC[C@@H](O)COP(=O)(O)OC[C@@H](COC(=O)CCCCCCCCCCCCC(C)C)OC(=O)CCCCCCCCCCCCCCCC. The van der Waals surface area contributed by atoms with E-state index < -0.39 is 97.5 Å². The average Bonchev–Trinajstić information content (AvgIpc) is 0.921. The summed E-state index contributed by atoms with van der Waals surface area (Å²) in [6.07, 6.45) is 65.1. The minimum absolute atomic E-state index is 0.108. The van der Waals surface area contributed by atoms with Gasteiger partial charge in [-0.25, -0.2) is 9.13 Å². The lowest BCUT2D eigenvalue weighted by Gasteiger charge is -2.21. The van der Waals surface area contributed by atoms with E-state index >= 15 is 0 Å². The molecule has 0 spiro atoms. The van der Waals surface area contributed by atoms with Crippen LogP contribution in [0.3, 0.4) is 0 Å². The zero-order chi connectivity index (χ0) is 74.9. The van der Waals surface area contributed by atoms with Crippen LogP contribution in [0.25, 0.3) is 0 Å². The molecule has 0 aromatic carbocycles. The number of rotatable bonds is 82. The molecular weight excluding hydrogens is 1330 g/mol. The Hall–Kier alpha value is -1.94. The van der Waals surface area contributed by atoms with E-state index in [1.54, 1.807) is 0 Å². The quantitative estimate of drug-likeness (QED) is 0.0222. The molecule has 0 aliphatic rings. The molecule has 102 heavy (non-hydrogen) atoms. The number of hydrogen-bond acceptors (Lipinski definition) is 15. The predicted molar refractivity (Wildman–Crippen MR) is 418 cm³/mol. The van der Waals surface area contributed by atoms with Crippen molar-refractivity contribution < 1.29 is 80.2 Å². The van der Waals surface area contributed by atoms with Crippen molar-refractivity contribution in [1.29, 1.82) is 0 Å². The van der Waals surface area contributed by atoms with E-state index in [0.29, 0.717) is 25.7 Å². The van der Waals surface area contributed by atoms with Crippen LogP contribution in [0.1, 0.15) is 440 Å². The molecule has 17 nitrogen and oxygen atoms in total. The summed E-state index contributed by atoms with van der Waals surface area (Å²) >= 11 is 0. The molecule has 0 aliphatic heterocycles. The summed E-state index contributed by atoms with van der Waals surface area (Å²) in [4.78, 5) is 73.2. The molecule has 5 atom stereocenters. The van der Waals surface area contributed by atoms with E-state index in [1.165, 1.54) is 257 Å². The highest BCUT2D eigenvalue weighted by Crippen LogP contribution is 2.45.